The Hall–Kier alpha value is -1.52. The molecule has 0 amide bonds. The van der Waals surface area contributed by atoms with Crippen molar-refractivity contribution < 1.29 is 9.53 Å². The Bertz CT molecular complexity index is 344. The second-order valence-corrected chi connectivity index (χ2v) is 3.75. The van der Waals surface area contributed by atoms with E-state index in [1.807, 2.05) is 0 Å². The van der Waals surface area contributed by atoms with Crippen LogP contribution < -0.4 is 5.73 Å². The van der Waals surface area contributed by atoms with Gasteiger partial charge in [0.1, 0.15) is 5.82 Å². The van der Waals surface area contributed by atoms with Gasteiger partial charge in [-0.1, -0.05) is 13.8 Å². The Labute approximate surface area is 89.2 Å². The largest absolute Gasteiger partial charge is 0.461 e. The number of nitrogens with zero attached hydrogens (tertiary/aromatic N) is 2. The van der Waals surface area contributed by atoms with Gasteiger partial charge >= 0.3 is 5.97 Å². The third-order valence-corrected chi connectivity index (χ3v) is 1.91. The first-order valence-corrected chi connectivity index (χ1v) is 5.04. The van der Waals surface area contributed by atoms with E-state index >= 15 is 0 Å². The zero-order valence-electron chi connectivity index (χ0n) is 9.36. The summed E-state index contributed by atoms with van der Waals surface area (Å²) < 4.78 is 6.59. The van der Waals surface area contributed by atoms with Gasteiger partial charge < -0.3 is 15.0 Å². The van der Waals surface area contributed by atoms with Crippen molar-refractivity contribution in [2.45, 2.75) is 27.3 Å². The van der Waals surface area contributed by atoms with Crippen LogP contribution in [0.25, 0.3) is 0 Å². The highest BCUT2D eigenvalue weighted by Gasteiger charge is 2.16. The maximum Gasteiger partial charge on any atom is 0.360 e. The first kappa shape index (κ1) is 11.6. The molecular weight excluding hydrogens is 194 g/mol. The first-order chi connectivity index (χ1) is 7.06. The summed E-state index contributed by atoms with van der Waals surface area (Å²) in [7, 11) is 0. The van der Waals surface area contributed by atoms with Gasteiger partial charge in [-0.05, 0) is 12.8 Å². The molecule has 0 spiro atoms. The van der Waals surface area contributed by atoms with Crippen molar-refractivity contribution in [2.24, 2.45) is 5.92 Å². The van der Waals surface area contributed by atoms with Crippen molar-refractivity contribution >= 4 is 11.8 Å². The molecule has 1 aromatic heterocycles. The summed E-state index contributed by atoms with van der Waals surface area (Å²) in [6, 6.07) is 0. The summed E-state index contributed by atoms with van der Waals surface area (Å²) in [5, 5.41) is 0. The van der Waals surface area contributed by atoms with Gasteiger partial charge in [0, 0.05) is 6.54 Å². The number of hydrogen-bond acceptors (Lipinski definition) is 4. The Kier molecular flexibility index (Phi) is 3.71. The molecule has 0 saturated heterocycles. The molecule has 1 heterocycles. The lowest BCUT2D eigenvalue weighted by Crippen LogP contribution is -2.11. The zero-order valence-corrected chi connectivity index (χ0v) is 9.36. The maximum absolute atomic E-state index is 11.4. The van der Waals surface area contributed by atoms with Gasteiger partial charge in [-0.15, -0.1) is 0 Å². The molecule has 5 heteroatoms. The topological polar surface area (TPSA) is 70.1 Å². The van der Waals surface area contributed by atoms with E-state index in [2.05, 4.69) is 18.8 Å². The van der Waals surface area contributed by atoms with E-state index in [1.54, 1.807) is 17.8 Å². The number of anilines is 1. The van der Waals surface area contributed by atoms with Gasteiger partial charge in [-0.2, -0.15) is 0 Å². The van der Waals surface area contributed by atoms with E-state index in [0.717, 1.165) is 6.54 Å². The minimum absolute atomic E-state index is 0.206. The molecule has 15 heavy (non-hydrogen) atoms. The molecule has 0 unspecified atom stereocenters. The number of nitrogen functional groups attached to an aromatic ring is 1. The molecule has 0 bridgehead atoms. The fourth-order valence-electron chi connectivity index (χ4n) is 1.29. The average molecular weight is 211 g/mol. The lowest BCUT2D eigenvalue weighted by molar-refractivity contribution is 0.0521. The number of rotatable bonds is 4. The second-order valence-electron chi connectivity index (χ2n) is 3.75. The Morgan fingerprint density at radius 1 is 1.67 bits per heavy atom. The monoisotopic (exact) mass is 211 g/mol. The SMILES string of the molecule is CCOC(=O)c1ncn(CC(C)C)c1N. The molecule has 84 valence electrons. The van der Waals surface area contributed by atoms with Crippen molar-refractivity contribution in [2.75, 3.05) is 12.3 Å². The molecule has 5 nitrogen and oxygen atoms in total. The number of hydrogen-bond donors (Lipinski definition) is 1. The molecule has 2 N–H and O–H groups in total. The molecular formula is C10H17N3O2. The molecule has 0 aromatic carbocycles. The van der Waals surface area contributed by atoms with Crippen LogP contribution in [0.15, 0.2) is 6.33 Å². The zero-order chi connectivity index (χ0) is 11.4. The Morgan fingerprint density at radius 2 is 2.33 bits per heavy atom. The third-order valence-electron chi connectivity index (χ3n) is 1.91. The number of nitrogens with two attached hydrogens (primary N) is 1. The van der Waals surface area contributed by atoms with Crippen molar-refractivity contribution in [3.8, 4) is 0 Å². The number of carbonyl (C=O) groups is 1. The van der Waals surface area contributed by atoms with Crippen LogP contribution >= 0.6 is 0 Å². The minimum atomic E-state index is -0.461. The smallest absolute Gasteiger partial charge is 0.360 e. The highest BCUT2D eigenvalue weighted by Crippen LogP contribution is 2.13. The quantitative estimate of drug-likeness (QED) is 0.762. The molecule has 1 aromatic rings. The summed E-state index contributed by atoms with van der Waals surface area (Å²) in [5.41, 5.74) is 5.99. The molecule has 0 saturated carbocycles. The molecule has 0 atom stereocenters. The van der Waals surface area contributed by atoms with E-state index in [-0.39, 0.29) is 5.69 Å². The van der Waals surface area contributed by atoms with Crippen LogP contribution in [0, 0.1) is 5.92 Å². The van der Waals surface area contributed by atoms with Crippen molar-refractivity contribution in [3.05, 3.63) is 12.0 Å². The van der Waals surface area contributed by atoms with Crippen LogP contribution in [-0.2, 0) is 11.3 Å². The molecule has 0 radical (unpaired) electrons. The van der Waals surface area contributed by atoms with Crippen LogP contribution in [-0.4, -0.2) is 22.1 Å². The van der Waals surface area contributed by atoms with Crippen LogP contribution in [0.3, 0.4) is 0 Å². The molecule has 0 aliphatic carbocycles. The Morgan fingerprint density at radius 3 is 2.87 bits per heavy atom. The normalized spacial score (nSPS) is 10.7. The Balaban J connectivity index is 2.84. The standard InChI is InChI=1S/C10H17N3O2/c1-4-15-10(14)8-9(11)13(6-12-8)5-7(2)3/h6-7H,4-5,11H2,1-3H3. The second kappa shape index (κ2) is 4.82. The van der Waals surface area contributed by atoms with Gasteiger partial charge in [0.15, 0.2) is 5.69 Å². The van der Waals surface area contributed by atoms with Crippen LogP contribution in [0.4, 0.5) is 5.82 Å². The van der Waals surface area contributed by atoms with Crippen molar-refractivity contribution in [3.63, 3.8) is 0 Å². The predicted octanol–water partition coefficient (Wildman–Crippen LogP) is 1.30. The van der Waals surface area contributed by atoms with E-state index < -0.39 is 5.97 Å². The number of esters is 1. The fourth-order valence-corrected chi connectivity index (χ4v) is 1.29. The van der Waals surface area contributed by atoms with E-state index in [4.69, 9.17) is 10.5 Å². The lowest BCUT2D eigenvalue weighted by Gasteiger charge is -2.07. The van der Waals surface area contributed by atoms with E-state index in [0.29, 0.717) is 18.3 Å². The number of imidazole rings is 1. The van der Waals surface area contributed by atoms with Gasteiger partial charge in [0.05, 0.1) is 12.9 Å². The van der Waals surface area contributed by atoms with Crippen LogP contribution in [0.1, 0.15) is 31.3 Å². The van der Waals surface area contributed by atoms with Crippen LogP contribution in [0.5, 0.6) is 0 Å². The summed E-state index contributed by atoms with van der Waals surface area (Å²) in [5.74, 6) is 0.371. The number of aromatic nitrogens is 2. The number of carbonyl (C=O) groups excluding carboxylic acids is 1. The van der Waals surface area contributed by atoms with Gasteiger partial charge in [0.2, 0.25) is 0 Å². The summed E-state index contributed by atoms with van der Waals surface area (Å²) in [6.07, 6.45) is 1.57. The molecule has 0 aliphatic rings. The first-order valence-electron chi connectivity index (χ1n) is 5.04. The maximum atomic E-state index is 11.4. The third kappa shape index (κ3) is 2.71. The fraction of sp³-hybridized carbons (Fsp3) is 0.600. The van der Waals surface area contributed by atoms with Gasteiger partial charge in [-0.25, -0.2) is 9.78 Å². The molecule has 0 fully saturated rings. The summed E-state index contributed by atoms with van der Waals surface area (Å²) >= 11 is 0. The summed E-state index contributed by atoms with van der Waals surface area (Å²) in [4.78, 5) is 15.3. The predicted molar refractivity (Wildman–Crippen MR) is 57.4 cm³/mol. The number of ether oxygens (including phenoxy) is 1. The van der Waals surface area contributed by atoms with Crippen molar-refractivity contribution in [1.82, 2.24) is 9.55 Å². The van der Waals surface area contributed by atoms with E-state index in [1.165, 1.54) is 0 Å². The van der Waals surface area contributed by atoms with Crippen LogP contribution in [0.2, 0.25) is 0 Å². The summed E-state index contributed by atoms with van der Waals surface area (Å²) in [6.45, 7) is 6.97. The highest BCUT2D eigenvalue weighted by molar-refractivity contribution is 5.92. The van der Waals surface area contributed by atoms with Crippen molar-refractivity contribution in [1.29, 1.82) is 0 Å². The van der Waals surface area contributed by atoms with E-state index in [9.17, 15) is 4.79 Å². The lowest BCUT2D eigenvalue weighted by atomic mass is 10.2. The van der Waals surface area contributed by atoms with Gasteiger partial charge in [0.25, 0.3) is 0 Å². The molecule has 1 rings (SSSR count). The minimum Gasteiger partial charge on any atom is -0.461 e. The highest BCUT2D eigenvalue weighted by atomic mass is 16.5. The molecule has 0 aliphatic heterocycles. The van der Waals surface area contributed by atoms with Gasteiger partial charge in [-0.3, -0.25) is 0 Å². The average Bonchev–Trinajstić information content (AvgIpc) is 2.48.